The molecule has 0 saturated heterocycles. The SMILES string of the molecule is CC.CC.CCc1ccc2ccc3c(Cc4ccc5ccccc5c4)ccc4ccc1c2c43.c1ccccc1. The summed E-state index contributed by atoms with van der Waals surface area (Å²) in [6, 6.07) is 45.9. The normalized spacial score (nSPS) is 10.4. The molecule has 0 unspecified atom stereocenters. The fourth-order valence-electron chi connectivity index (χ4n) is 5.34. The molecular weight excluding hydrogens is 468 g/mol. The van der Waals surface area contributed by atoms with E-state index in [1.165, 1.54) is 59.8 Å². The van der Waals surface area contributed by atoms with E-state index in [1.54, 1.807) is 0 Å². The molecule has 0 saturated carbocycles. The topological polar surface area (TPSA) is 0 Å². The minimum atomic E-state index is 0.958. The van der Waals surface area contributed by atoms with Crippen LogP contribution in [0.1, 0.15) is 51.3 Å². The number of rotatable bonds is 3. The first-order valence-electron chi connectivity index (χ1n) is 14.5. The summed E-state index contributed by atoms with van der Waals surface area (Å²) < 4.78 is 0. The van der Waals surface area contributed by atoms with Gasteiger partial charge in [-0.3, -0.25) is 0 Å². The highest BCUT2D eigenvalue weighted by molar-refractivity contribution is 6.24. The van der Waals surface area contributed by atoms with Crippen LogP contribution in [0.15, 0.2) is 127 Å². The zero-order chi connectivity index (χ0) is 27.6. The lowest BCUT2D eigenvalue weighted by atomic mass is 9.88. The molecule has 0 aliphatic carbocycles. The van der Waals surface area contributed by atoms with E-state index < -0.39 is 0 Å². The van der Waals surface area contributed by atoms with E-state index in [2.05, 4.69) is 97.9 Å². The summed E-state index contributed by atoms with van der Waals surface area (Å²) in [6.07, 6.45) is 2.03. The predicted octanol–water partition coefficient (Wildman–Crippen LogP) is 11.6. The van der Waals surface area contributed by atoms with Gasteiger partial charge < -0.3 is 0 Å². The molecule has 196 valence electrons. The van der Waals surface area contributed by atoms with E-state index in [0.29, 0.717) is 0 Å². The first-order chi connectivity index (χ1) is 19.3. The largest absolute Gasteiger partial charge is 0.0683 e. The van der Waals surface area contributed by atoms with Crippen LogP contribution in [0.5, 0.6) is 0 Å². The monoisotopic (exact) mass is 508 g/mol. The van der Waals surface area contributed by atoms with Gasteiger partial charge >= 0.3 is 0 Å². The summed E-state index contributed by atoms with van der Waals surface area (Å²) in [4.78, 5) is 0. The van der Waals surface area contributed by atoms with Crippen molar-refractivity contribution in [1.29, 1.82) is 0 Å². The van der Waals surface area contributed by atoms with E-state index in [0.717, 1.165) is 12.8 Å². The van der Waals surface area contributed by atoms with Gasteiger partial charge in [0.15, 0.2) is 0 Å². The first-order valence-corrected chi connectivity index (χ1v) is 14.5. The van der Waals surface area contributed by atoms with Gasteiger partial charge in [-0.15, -0.1) is 0 Å². The fraction of sp³-hybridized carbons (Fsp3) is 0.179. The number of hydrogen-bond donors (Lipinski definition) is 0. The molecule has 0 radical (unpaired) electrons. The number of fused-ring (bicyclic) bond motifs is 1. The molecule has 7 aromatic rings. The zero-order valence-electron chi connectivity index (χ0n) is 24.0. The maximum Gasteiger partial charge on any atom is -0.00194 e. The molecule has 0 fully saturated rings. The third kappa shape index (κ3) is 5.96. The molecule has 0 bridgehead atoms. The summed E-state index contributed by atoms with van der Waals surface area (Å²) in [5.74, 6) is 0. The van der Waals surface area contributed by atoms with Crippen LogP contribution >= 0.6 is 0 Å². The Morgan fingerprint density at radius 2 is 0.872 bits per heavy atom. The van der Waals surface area contributed by atoms with E-state index in [4.69, 9.17) is 0 Å². The third-order valence-electron chi connectivity index (χ3n) is 7.10. The maximum absolute atomic E-state index is 2.34. The maximum atomic E-state index is 2.34. The second-order valence-corrected chi connectivity index (χ2v) is 9.24. The number of aryl methyl sites for hydroxylation is 1. The lowest BCUT2D eigenvalue weighted by molar-refractivity contribution is 1.16. The van der Waals surface area contributed by atoms with Gasteiger partial charge in [0.2, 0.25) is 0 Å². The lowest BCUT2D eigenvalue weighted by Gasteiger charge is -2.16. The molecule has 0 amide bonds. The molecule has 0 atom stereocenters. The molecular formula is C39H40. The van der Waals surface area contributed by atoms with E-state index >= 15 is 0 Å². The van der Waals surface area contributed by atoms with Crippen LogP contribution in [0.3, 0.4) is 0 Å². The van der Waals surface area contributed by atoms with Crippen LogP contribution in [-0.2, 0) is 12.8 Å². The molecule has 0 spiro atoms. The van der Waals surface area contributed by atoms with E-state index in [-0.39, 0.29) is 0 Å². The van der Waals surface area contributed by atoms with Crippen LogP contribution in [0, 0.1) is 0 Å². The van der Waals surface area contributed by atoms with E-state index in [1.807, 2.05) is 64.1 Å². The van der Waals surface area contributed by atoms with Crippen molar-refractivity contribution in [1.82, 2.24) is 0 Å². The van der Waals surface area contributed by atoms with Gasteiger partial charge in [0.05, 0.1) is 0 Å². The first kappa shape index (κ1) is 27.9. The Morgan fingerprint density at radius 1 is 0.410 bits per heavy atom. The van der Waals surface area contributed by atoms with Crippen molar-refractivity contribution in [3.8, 4) is 0 Å². The Hall–Kier alpha value is -4.16. The summed E-state index contributed by atoms with van der Waals surface area (Å²) in [7, 11) is 0. The molecule has 0 heterocycles. The van der Waals surface area contributed by atoms with Crippen LogP contribution in [0.2, 0.25) is 0 Å². The molecule has 39 heavy (non-hydrogen) atoms. The summed E-state index contributed by atoms with van der Waals surface area (Å²) >= 11 is 0. The molecule has 0 aliphatic rings. The van der Waals surface area contributed by atoms with Crippen LogP contribution in [-0.4, -0.2) is 0 Å². The standard InChI is InChI=1S/C29H22.C6H6.2C2H6/c1-2-20-9-10-22-14-16-27-25(12-11-23-13-15-26(20)28(22)29(23)27)18-19-7-8-21-5-3-4-6-24(21)17-19;1-2-4-6-5-3-1;2*1-2/h3-17H,2,18H2,1H3;1-6H;2*1-2H3. The average Bonchev–Trinajstić information content (AvgIpc) is 3.03. The number of hydrogen-bond acceptors (Lipinski definition) is 0. The molecule has 7 rings (SSSR count). The van der Waals surface area contributed by atoms with Gasteiger partial charge in [0.1, 0.15) is 0 Å². The van der Waals surface area contributed by atoms with Crippen molar-refractivity contribution in [2.24, 2.45) is 0 Å². The Kier molecular flexibility index (Phi) is 9.70. The van der Waals surface area contributed by atoms with Gasteiger partial charge in [-0.05, 0) is 72.6 Å². The highest BCUT2D eigenvalue weighted by Gasteiger charge is 2.13. The second kappa shape index (κ2) is 13.6. The van der Waals surface area contributed by atoms with Crippen molar-refractivity contribution in [2.45, 2.75) is 47.5 Å². The zero-order valence-corrected chi connectivity index (χ0v) is 24.0. The highest BCUT2D eigenvalue weighted by atomic mass is 14.2. The van der Waals surface area contributed by atoms with Crippen molar-refractivity contribution in [3.63, 3.8) is 0 Å². The van der Waals surface area contributed by atoms with E-state index in [9.17, 15) is 0 Å². The third-order valence-corrected chi connectivity index (χ3v) is 7.10. The molecule has 0 aliphatic heterocycles. The summed E-state index contributed by atoms with van der Waals surface area (Å²) in [5, 5.41) is 11.0. The van der Waals surface area contributed by atoms with Crippen molar-refractivity contribution in [2.75, 3.05) is 0 Å². The molecule has 0 aromatic heterocycles. The molecule has 0 N–H and O–H groups in total. The summed E-state index contributed by atoms with van der Waals surface area (Å²) in [6.45, 7) is 10.2. The molecule has 7 aromatic carbocycles. The van der Waals surface area contributed by atoms with Crippen molar-refractivity contribution in [3.05, 3.63) is 144 Å². The Labute approximate surface area is 234 Å². The Bertz CT molecular complexity index is 1710. The van der Waals surface area contributed by atoms with Crippen LogP contribution in [0.4, 0.5) is 0 Å². The minimum absolute atomic E-state index is 0.958. The lowest BCUT2D eigenvalue weighted by Crippen LogP contribution is -1.93. The van der Waals surface area contributed by atoms with Gasteiger partial charge in [0, 0.05) is 0 Å². The second-order valence-electron chi connectivity index (χ2n) is 9.24. The highest BCUT2D eigenvalue weighted by Crippen LogP contribution is 2.38. The Balaban J connectivity index is 0.000000305. The van der Waals surface area contributed by atoms with Crippen molar-refractivity contribution >= 4 is 43.1 Å². The Morgan fingerprint density at radius 3 is 1.44 bits per heavy atom. The van der Waals surface area contributed by atoms with Gasteiger partial charge in [-0.25, -0.2) is 0 Å². The van der Waals surface area contributed by atoms with Gasteiger partial charge in [-0.1, -0.05) is 162 Å². The van der Waals surface area contributed by atoms with Gasteiger partial charge in [-0.2, -0.15) is 0 Å². The smallest absolute Gasteiger partial charge is 0.00194 e. The number of benzene rings is 7. The quantitative estimate of drug-likeness (QED) is 0.208. The fourth-order valence-corrected chi connectivity index (χ4v) is 5.34. The summed E-state index contributed by atoms with van der Waals surface area (Å²) in [5.41, 5.74) is 4.21. The predicted molar refractivity (Wildman–Crippen MR) is 175 cm³/mol. The minimum Gasteiger partial charge on any atom is -0.0683 e. The molecule has 0 heteroatoms. The van der Waals surface area contributed by atoms with Crippen LogP contribution in [0.25, 0.3) is 43.1 Å². The average molecular weight is 509 g/mol. The molecule has 0 nitrogen and oxygen atoms in total. The van der Waals surface area contributed by atoms with Crippen LogP contribution < -0.4 is 0 Å². The van der Waals surface area contributed by atoms with Gasteiger partial charge in [0.25, 0.3) is 0 Å². The van der Waals surface area contributed by atoms with Crippen molar-refractivity contribution < 1.29 is 0 Å².